The van der Waals surface area contributed by atoms with Gasteiger partial charge in [0.1, 0.15) is 6.54 Å². The molecule has 4 aromatic carbocycles. The van der Waals surface area contributed by atoms with Gasteiger partial charge in [-0.3, -0.25) is 19.4 Å². The number of para-hydroxylation sites is 1. The van der Waals surface area contributed by atoms with Crippen molar-refractivity contribution in [3.8, 4) is 0 Å². The van der Waals surface area contributed by atoms with E-state index in [2.05, 4.69) is 34.6 Å². The summed E-state index contributed by atoms with van der Waals surface area (Å²) in [6, 6.07) is 30.5. The van der Waals surface area contributed by atoms with E-state index in [9.17, 15) is 14.4 Å². The summed E-state index contributed by atoms with van der Waals surface area (Å²) in [5.74, 6) is -1.22. The molecule has 0 radical (unpaired) electrons. The quantitative estimate of drug-likeness (QED) is 0.356. The van der Waals surface area contributed by atoms with Crippen LogP contribution in [0.5, 0.6) is 0 Å². The van der Waals surface area contributed by atoms with E-state index in [1.54, 1.807) is 24.3 Å². The molecule has 1 saturated heterocycles. The van der Waals surface area contributed by atoms with Crippen LogP contribution in [0.1, 0.15) is 23.6 Å². The second-order valence-electron chi connectivity index (χ2n) is 10.0. The van der Waals surface area contributed by atoms with Crippen LogP contribution in [0.3, 0.4) is 0 Å². The topological polar surface area (TPSA) is 98.0 Å². The Kier molecular flexibility index (Phi) is 5.70. The number of hydrazone groups is 1. The van der Waals surface area contributed by atoms with Crippen LogP contribution >= 0.6 is 0 Å². The Labute approximate surface area is 230 Å². The maximum Gasteiger partial charge on any atom is 0.264 e. The summed E-state index contributed by atoms with van der Waals surface area (Å²) in [6.07, 6.45) is 0.543. The highest BCUT2D eigenvalue weighted by Gasteiger charge is 2.55. The molecule has 3 aliphatic heterocycles. The predicted octanol–water partition coefficient (Wildman–Crippen LogP) is 4.51. The molecule has 4 aromatic rings. The zero-order valence-electron chi connectivity index (χ0n) is 21.4. The van der Waals surface area contributed by atoms with Crippen LogP contribution in [0.4, 0.5) is 5.69 Å². The van der Waals surface area contributed by atoms with Crippen LogP contribution in [0.2, 0.25) is 0 Å². The predicted molar refractivity (Wildman–Crippen MR) is 149 cm³/mol. The first-order valence-corrected chi connectivity index (χ1v) is 13.1. The van der Waals surface area contributed by atoms with Crippen molar-refractivity contribution < 1.29 is 14.4 Å². The van der Waals surface area contributed by atoms with Gasteiger partial charge in [-0.2, -0.15) is 10.2 Å². The highest BCUT2D eigenvalue weighted by molar-refractivity contribution is 6.25. The lowest BCUT2D eigenvalue weighted by Gasteiger charge is -2.25. The Morgan fingerprint density at radius 1 is 0.800 bits per heavy atom. The second-order valence-corrected chi connectivity index (χ2v) is 10.0. The molecule has 3 atom stereocenters. The first-order valence-electron chi connectivity index (χ1n) is 13.1. The van der Waals surface area contributed by atoms with Gasteiger partial charge in [0.25, 0.3) is 17.7 Å². The molecule has 196 valence electrons. The molecule has 0 aliphatic carbocycles. The molecule has 40 heavy (non-hydrogen) atoms. The van der Waals surface area contributed by atoms with Crippen molar-refractivity contribution in [3.63, 3.8) is 0 Å². The van der Waals surface area contributed by atoms with E-state index in [1.807, 2.05) is 54.6 Å². The third kappa shape index (κ3) is 3.94. The van der Waals surface area contributed by atoms with Gasteiger partial charge in [0.05, 0.1) is 17.4 Å². The smallest absolute Gasteiger partial charge is 0.264 e. The van der Waals surface area contributed by atoms with E-state index < -0.39 is 23.9 Å². The molecule has 3 aliphatic rings. The molecule has 0 aromatic heterocycles. The van der Waals surface area contributed by atoms with Crippen molar-refractivity contribution in [2.75, 3.05) is 11.4 Å². The SMILES string of the molecule is O=C1[C@@H]2N=NN(CC(=O)N3N=C(c4ccc5ccccc5c4)C[C@H]3c3ccccc3)[C@H]2C(=O)N1c1ccccc1. The molecule has 0 N–H and O–H groups in total. The third-order valence-corrected chi connectivity index (χ3v) is 7.60. The van der Waals surface area contributed by atoms with Gasteiger partial charge in [0.2, 0.25) is 0 Å². The molecule has 3 heterocycles. The molecule has 0 spiro atoms. The van der Waals surface area contributed by atoms with E-state index in [-0.39, 0.29) is 18.5 Å². The molecular formula is C31H24N6O3. The van der Waals surface area contributed by atoms with Gasteiger partial charge in [-0.05, 0) is 40.1 Å². The molecule has 1 fully saturated rings. The van der Waals surface area contributed by atoms with Gasteiger partial charge in [-0.25, -0.2) is 9.91 Å². The summed E-state index contributed by atoms with van der Waals surface area (Å²) in [4.78, 5) is 41.3. The first kappa shape index (κ1) is 23.9. The lowest BCUT2D eigenvalue weighted by Crippen LogP contribution is -2.44. The normalized spacial score (nSPS) is 21.9. The van der Waals surface area contributed by atoms with Gasteiger partial charge in [-0.15, -0.1) is 0 Å². The monoisotopic (exact) mass is 528 g/mol. The van der Waals surface area contributed by atoms with Crippen LogP contribution in [-0.4, -0.2) is 52.1 Å². The number of hydrogen-bond donors (Lipinski definition) is 0. The summed E-state index contributed by atoms with van der Waals surface area (Å²) in [5, 5.41) is 18.0. The van der Waals surface area contributed by atoms with Crippen LogP contribution in [0.15, 0.2) is 119 Å². The number of amides is 3. The van der Waals surface area contributed by atoms with Crippen molar-refractivity contribution in [1.29, 1.82) is 0 Å². The average molecular weight is 529 g/mol. The Morgan fingerprint density at radius 3 is 2.27 bits per heavy atom. The number of benzene rings is 4. The molecule has 7 rings (SSSR count). The van der Waals surface area contributed by atoms with Crippen molar-refractivity contribution in [3.05, 3.63) is 114 Å². The van der Waals surface area contributed by atoms with Crippen molar-refractivity contribution in [2.45, 2.75) is 24.5 Å². The second kappa shape index (κ2) is 9.53. The fraction of sp³-hybridized carbons (Fsp3) is 0.161. The zero-order valence-corrected chi connectivity index (χ0v) is 21.4. The molecule has 0 saturated carbocycles. The number of fused-ring (bicyclic) bond motifs is 2. The summed E-state index contributed by atoms with van der Waals surface area (Å²) in [5.41, 5.74) is 3.18. The number of carbonyl (C=O) groups is 3. The fourth-order valence-electron chi connectivity index (χ4n) is 5.61. The molecule has 0 unspecified atom stereocenters. The molecule has 0 bridgehead atoms. The zero-order chi connectivity index (χ0) is 27.2. The summed E-state index contributed by atoms with van der Waals surface area (Å²) in [6.45, 7) is -0.232. The van der Waals surface area contributed by atoms with E-state index >= 15 is 0 Å². The standard InChI is InChI=1S/C31H24N6O3/c38-27(19-35-29-28(32-34-35)30(39)36(31(29)40)24-13-5-2-6-14-24)37-26(21-10-3-1-4-11-21)18-25(33-37)23-16-15-20-9-7-8-12-22(20)17-23/h1-17,26,28-29H,18-19H2/t26-,28+,29+/m0/s1. The maximum atomic E-state index is 13.8. The van der Waals surface area contributed by atoms with Crippen molar-refractivity contribution >= 4 is 39.9 Å². The van der Waals surface area contributed by atoms with E-state index in [0.717, 1.165) is 32.5 Å². The van der Waals surface area contributed by atoms with Crippen LogP contribution in [0, 0.1) is 0 Å². The van der Waals surface area contributed by atoms with E-state index in [4.69, 9.17) is 5.10 Å². The number of anilines is 1. The Morgan fingerprint density at radius 2 is 1.50 bits per heavy atom. The molecular weight excluding hydrogens is 504 g/mol. The van der Waals surface area contributed by atoms with Crippen LogP contribution in [-0.2, 0) is 14.4 Å². The van der Waals surface area contributed by atoms with Gasteiger partial charge in [0.15, 0.2) is 12.1 Å². The summed E-state index contributed by atoms with van der Waals surface area (Å²) in [7, 11) is 0. The molecule has 9 nitrogen and oxygen atoms in total. The van der Waals surface area contributed by atoms with Gasteiger partial charge in [-0.1, -0.05) is 90.2 Å². The minimum absolute atomic E-state index is 0.232. The average Bonchev–Trinajstić information content (AvgIpc) is 3.69. The van der Waals surface area contributed by atoms with E-state index in [0.29, 0.717) is 12.1 Å². The highest BCUT2D eigenvalue weighted by atomic mass is 16.2. The van der Waals surface area contributed by atoms with Gasteiger partial charge < -0.3 is 0 Å². The van der Waals surface area contributed by atoms with Crippen molar-refractivity contribution in [1.82, 2.24) is 10.0 Å². The number of imide groups is 1. The Balaban J connectivity index is 1.17. The fourth-order valence-corrected chi connectivity index (χ4v) is 5.61. The van der Waals surface area contributed by atoms with E-state index in [1.165, 1.54) is 10.0 Å². The Hall–Kier alpha value is -5.18. The largest absolute Gasteiger partial charge is 0.271 e. The maximum absolute atomic E-state index is 13.8. The Bertz CT molecular complexity index is 1700. The lowest BCUT2D eigenvalue weighted by molar-refractivity contribution is -0.135. The number of hydrogen-bond acceptors (Lipinski definition) is 7. The minimum Gasteiger partial charge on any atom is -0.271 e. The van der Waals surface area contributed by atoms with Gasteiger partial charge in [0, 0.05) is 6.42 Å². The molecule has 3 amide bonds. The number of carbonyl (C=O) groups excluding carboxylic acids is 3. The van der Waals surface area contributed by atoms with Crippen molar-refractivity contribution in [2.24, 2.45) is 15.4 Å². The van der Waals surface area contributed by atoms with Gasteiger partial charge >= 0.3 is 0 Å². The van der Waals surface area contributed by atoms with Crippen LogP contribution in [0.25, 0.3) is 10.8 Å². The summed E-state index contributed by atoms with van der Waals surface area (Å²) >= 11 is 0. The number of nitrogens with zero attached hydrogens (tertiary/aromatic N) is 6. The minimum atomic E-state index is -0.972. The van der Waals surface area contributed by atoms with Crippen LogP contribution < -0.4 is 4.90 Å². The first-order chi connectivity index (χ1) is 19.6. The third-order valence-electron chi connectivity index (χ3n) is 7.60. The number of rotatable bonds is 5. The molecule has 9 heteroatoms. The highest BCUT2D eigenvalue weighted by Crippen LogP contribution is 2.35. The summed E-state index contributed by atoms with van der Waals surface area (Å²) < 4.78 is 0. The lowest BCUT2D eigenvalue weighted by atomic mass is 9.97.